The van der Waals surface area contributed by atoms with Crippen LogP contribution in [0.4, 0.5) is 17.6 Å². The summed E-state index contributed by atoms with van der Waals surface area (Å²) in [6.45, 7) is 3.76. The Morgan fingerprint density at radius 2 is 1.86 bits per heavy atom. The number of halogens is 4. The van der Waals surface area contributed by atoms with E-state index in [4.69, 9.17) is 4.74 Å². The number of rotatable bonds is 5. The van der Waals surface area contributed by atoms with Gasteiger partial charge in [0.1, 0.15) is 0 Å². The molecule has 0 bridgehead atoms. The zero-order valence-electron chi connectivity index (χ0n) is 13.0. The Hall–Kier alpha value is -1.26. The van der Waals surface area contributed by atoms with Gasteiger partial charge in [0.2, 0.25) is 5.82 Å². The van der Waals surface area contributed by atoms with Gasteiger partial charge >= 0.3 is 0 Å². The molecule has 0 N–H and O–H groups in total. The molecule has 0 aromatic heterocycles. The molecule has 1 aromatic rings. The summed E-state index contributed by atoms with van der Waals surface area (Å²) >= 11 is 0. The zero-order chi connectivity index (χ0) is 16.3. The number of alkyl halides is 2. The average molecular weight is 318 g/mol. The van der Waals surface area contributed by atoms with Crippen LogP contribution in [0.3, 0.4) is 0 Å². The third kappa shape index (κ3) is 3.39. The molecular weight excluding hydrogens is 296 g/mol. The number of hydrogen-bond donors (Lipinski definition) is 0. The summed E-state index contributed by atoms with van der Waals surface area (Å²) < 4.78 is 61.4. The predicted molar refractivity (Wildman–Crippen MR) is 77.5 cm³/mol. The van der Waals surface area contributed by atoms with E-state index in [0.717, 1.165) is 0 Å². The first-order valence-electron chi connectivity index (χ1n) is 7.89. The highest BCUT2D eigenvalue weighted by atomic mass is 19.3. The lowest BCUT2D eigenvalue weighted by molar-refractivity contribution is -0.0948. The van der Waals surface area contributed by atoms with E-state index in [9.17, 15) is 17.6 Å². The summed E-state index contributed by atoms with van der Waals surface area (Å²) in [7, 11) is 0. The van der Waals surface area contributed by atoms with Crippen LogP contribution in [0.1, 0.15) is 57.4 Å². The van der Waals surface area contributed by atoms with Gasteiger partial charge in [-0.2, -0.15) is 4.39 Å². The molecule has 0 aliphatic heterocycles. The molecule has 5 heteroatoms. The molecule has 1 fully saturated rings. The summed E-state index contributed by atoms with van der Waals surface area (Å²) in [6, 6.07) is 2.71. The Balaban J connectivity index is 2.21. The van der Waals surface area contributed by atoms with E-state index < -0.39 is 35.8 Å². The van der Waals surface area contributed by atoms with Crippen LogP contribution < -0.4 is 4.74 Å². The monoisotopic (exact) mass is 318 g/mol. The third-order valence-electron chi connectivity index (χ3n) is 4.43. The van der Waals surface area contributed by atoms with Crippen LogP contribution in [0.15, 0.2) is 12.1 Å². The molecule has 124 valence electrons. The van der Waals surface area contributed by atoms with Crippen molar-refractivity contribution >= 4 is 0 Å². The molecule has 0 amide bonds. The molecule has 0 radical (unpaired) electrons. The van der Waals surface area contributed by atoms with E-state index in [-0.39, 0.29) is 17.9 Å². The minimum atomic E-state index is -2.82. The van der Waals surface area contributed by atoms with Crippen molar-refractivity contribution in [1.82, 2.24) is 0 Å². The summed E-state index contributed by atoms with van der Waals surface area (Å²) in [4.78, 5) is 0. The zero-order valence-corrected chi connectivity index (χ0v) is 13.0. The van der Waals surface area contributed by atoms with Crippen molar-refractivity contribution in [2.24, 2.45) is 5.92 Å². The lowest BCUT2D eigenvalue weighted by atomic mass is 9.74. The van der Waals surface area contributed by atoms with Gasteiger partial charge in [0, 0.05) is 12.3 Å². The Morgan fingerprint density at radius 3 is 2.45 bits per heavy atom. The smallest absolute Gasteiger partial charge is 0.251 e. The normalized spacial score (nSPS) is 24.3. The molecular formula is C17H22F4O. The van der Waals surface area contributed by atoms with Crippen LogP contribution in [0.25, 0.3) is 0 Å². The van der Waals surface area contributed by atoms with Crippen LogP contribution in [0.5, 0.6) is 5.75 Å². The summed E-state index contributed by atoms with van der Waals surface area (Å²) in [5, 5.41) is 0. The van der Waals surface area contributed by atoms with E-state index in [1.54, 1.807) is 6.92 Å². The molecule has 0 spiro atoms. The highest BCUT2D eigenvalue weighted by Gasteiger charge is 2.45. The van der Waals surface area contributed by atoms with Gasteiger partial charge in [-0.25, -0.2) is 13.2 Å². The van der Waals surface area contributed by atoms with Gasteiger partial charge in [-0.05, 0) is 43.7 Å². The molecule has 1 saturated carbocycles. The SMILES string of the molecule is CCCC1CCC(c2ccc(OCC)c(F)c2F)CC1(F)F. The Labute approximate surface area is 128 Å². The molecule has 1 aliphatic rings. The van der Waals surface area contributed by atoms with Crippen LogP contribution in [-0.4, -0.2) is 12.5 Å². The molecule has 1 nitrogen and oxygen atoms in total. The van der Waals surface area contributed by atoms with Crippen molar-refractivity contribution in [3.05, 3.63) is 29.3 Å². The van der Waals surface area contributed by atoms with Gasteiger partial charge in [-0.15, -0.1) is 0 Å². The van der Waals surface area contributed by atoms with Crippen molar-refractivity contribution in [3.63, 3.8) is 0 Å². The maximum Gasteiger partial charge on any atom is 0.251 e. The maximum atomic E-state index is 14.2. The molecule has 0 heterocycles. The van der Waals surface area contributed by atoms with Crippen molar-refractivity contribution in [2.75, 3.05) is 6.61 Å². The van der Waals surface area contributed by atoms with Crippen molar-refractivity contribution in [3.8, 4) is 5.75 Å². The van der Waals surface area contributed by atoms with Crippen molar-refractivity contribution in [1.29, 1.82) is 0 Å². The van der Waals surface area contributed by atoms with Crippen LogP contribution in [-0.2, 0) is 0 Å². The maximum absolute atomic E-state index is 14.2. The fourth-order valence-corrected chi connectivity index (χ4v) is 3.31. The Kier molecular flexibility index (Phi) is 5.35. The first-order valence-corrected chi connectivity index (χ1v) is 7.89. The third-order valence-corrected chi connectivity index (χ3v) is 4.43. The number of hydrogen-bond acceptors (Lipinski definition) is 1. The van der Waals surface area contributed by atoms with Gasteiger partial charge < -0.3 is 4.74 Å². The summed E-state index contributed by atoms with van der Waals surface area (Å²) in [6.07, 6.45) is 1.57. The molecule has 2 atom stereocenters. The van der Waals surface area contributed by atoms with E-state index in [0.29, 0.717) is 25.7 Å². The van der Waals surface area contributed by atoms with E-state index in [2.05, 4.69) is 0 Å². The summed E-state index contributed by atoms with van der Waals surface area (Å²) in [5.74, 6) is -6.42. The second-order valence-corrected chi connectivity index (χ2v) is 5.94. The topological polar surface area (TPSA) is 9.23 Å². The first-order chi connectivity index (χ1) is 10.4. The highest BCUT2D eigenvalue weighted by Crippen LogP contribution is 2.47. The molecule has 2 rings (SSSR count). The fourth-order valence-electron chi connectivity index (χ4n) is 3.31. The summed E-state index contributed by atoms with van der Waals surface area (Å²) in [5.41, 5.74) is 0.0376. The largest absolute Gasteiger partial charge is 0.491 e. The van der Waals surface area contributed by atoms with Gasteiger partial charge in [-0.1, -0.05) is 19.4 Å². The molecule has 0 saturated heterocycles. The van der Waals surface area contributed by atoms with Gasteiger partial charge in [0.25, 0.3) is 5.92 Å². The lowest BCUT2D eigenvalue weighted by Gasteiger charge is -2.36. The highest BCUT2D eigenvalue weighted by molar-refractivity contribution is 5.33. The van der Waals surface area contributed by atoms with E-state index in [1.165, 1.54) is 12.1 Å². The second kappa shape index (κ2) is 6.88. The van der Waals surface area contributed by atoms with Gasteiger partial charge in [0.15, 0.2) is 11.6 Å². The molecule has 22 heavy (non-hydrogen) atoms. The van der Waals surface area contributed by atoms with Crippen LogP contribution in [0, 0.1) is 17.6 Å². The lowest BCUT2D eigenvalue weighted by Crippen LogP contribution is -2.35. The van der Waals surface area contributed by atoms with E-state index >= 15 is 0 Å². The number of ether oxygens (including phenoxy) is 1. The quantitative estimate of drug-likeness (QED) is 0.634. The van der Waals surface area contributed by atoms with Crippen molar-refractivity contribution < 1.29 is 22.3 Å². The minimum Gasteiger partial charge on any atom is -0.491 e. The van der Waals surface area contributed by atoms with E-state index in [1.807, 2.05) is 6.92 Å². The van der Waals surface area contributed by atoms with Gasteiger partial charge in [-0.3, -0.25) is 0 Å². The first kappa shape index (κ1) is 17.1. The number of benzene rings is 1. The standard InChI is InChI=1S/C17H22F4O/c1-3-5-12-7-6-11(10-17(12,20)21)13-8-9-14(22-4-2)16(19)15(13)18/h8-9,11-12H,3-7,10H2,1-2H3. The van der Waals surface area contributed by atoms with Crippen LogP contribution >= 0.6 is 0 Å². The molecule has 2 unspecified atom stereocenters. The average Bonchev–Trinajstić information content (AvgIpc) is 2.46. The van der Waals surface area contributed by atoms with Gasteiger partial charge in [0.05, 0.1) is 6.61 Å². The van der Waals surface area contributed by atoms with Crippen LogP contribution in [0.2, 0.25) is 0 Å². The molecule has 1 aromatic carbocycles. The Bertz CT molecular complexity index is 516. The Morgan fingerprint density at radius 1 is 1.14 bits per heavy atom. The fraction of sp³-hybridized carbons (Fsp3) is 0.647. The predicted octanol–water partition coefficient (Wildman–Crippen LogP) is 5.68. The van der Waals surface area contributed by atoms with Crippen molar-refractivity contribution in [2.45, 2.75) is 57.8 Å². The second-order valence-electron chi connectivity index (χ2n) is 5.94. The minimum absolute atomic E-state index is 0.0376. The molecule has 1 aliphatic carbocycles.